The molecule has 33 heavy (non-hydrogen) atoms. The van der Waals surface area contributed by atoms with Gasteiger partial charge in [0.1, 0.15) is 22.2 Å². The van der Waals surface area contributed by atoms with Gasteiger partial charge in [-0.15, -0.1) is 11.3 Å². The predicted molar refractivity (Wildman–Crippen MR) is 117 cm³/mol. The summed E-state index contributed by atoms with van der Waals surface area (Å²) in [7, 11) is -7.75. The zero-order valence-corrected chi connectivity index (χ0v) is 20.2. The normalized spacial score (nSPS) is 23.4. The number of nitrogens with zero attached hydrogens (tertiary/aromatic N) is 3. The number of carbonyl (C=O) groups is 1. The van der Waals surface area contributed by atoms with Gasteiger partial charge in [0.25, 0.3) is 15.9 Å². The quantitative estimate of drug-likeness (QED) is 0.518. The summed E-state index contributed by atoms with van der Waals surface area (Å²) in [4.78, 5) is 18.8. The number of hydrogen-bond donors (Lipinski definition) is 1. The fourth-order valence-corrected chi connectivity index (χ4v) is 7.38. The number of carbonyl (C=O) groups excluding carboxylic acids is 1. The first-order valence-corrected chi connectivity index (χ1v) is 14.3. The Bertz CT molecular complexity index is 1170. The van der Waals surface area contributed by atoms with Crippen LogP contribution in [-0.2, 0) is 34.4 Å². The molecular weight excluding hydrogens is 496 g/mol. The minimum Gasteiger partial charge on any atom is -0.364 e. The van der Waals surface area contributed by atoms with Crippen LogP contribution in [0.2, 0.25) is 0 Å². The smallest absolute Gasteiger partial charge is 0.263 e. The van der Waals surface area contributed by atoms with Crippen molar-refractivity contribution in [2.24, 2.45) is 0 Å². The van der Waals surface area contributed by atoms with Crippen LogP contribution in [0.15, 0.2) is 33.2 Å². The van der Waals surface area contributed by atoms with Crippen LogP contribution < -0.4 is 5.48 Å². The highest BCUT2D eigenvalue weighted by Gasteiger charge is 2.43. The Labute approximate surface area is 195 Å². The first kappa shape index (κ1) is 24.3. The maximum Gasteiger partial charge on any atom is 0.263 e. The first-order chi connectivity index (χ1) is 15.7. The van der Waals surface area contributed by atoms with E-state index in [0.717, 1.165) is 39.0 Å². The Kier molecular flexibility index (Phi) is 7.18. The van der Waals surface area contributed by atoms with E-state index in [2.05, 4.69) is 10.6 Å². The van der Waals surface area contributed by atoms with Crippen molar-refractivity contribution in [3.63, 3.8) is 0 Å². The topological polar surface area (TPSA) is 148 Å². The van der Waals surface area contributed by atoms with E-state index in [4.69, 9.17) is 14.1 Å². The third kappa shape index (κ3) is 5.45. The van der Waals surface area contributed by atoms with E-state index in [1.54, 1.807) is 12.1 Å². The molecular formula is C18H24N4O8S3. The zero-order valence-electron chi connectivity index (χ0n) is 17.7. The maximum atomic E-state index is 13.4. The van der Waals surface area contributed by atoms with Gasteiger partial charge >= 0.3 is 0 Å². The number of amides is 1. The molecule has 0 aromatic carbocycles. The van der Waals surface area contributed by atoms with Crippen molar-refractivity contribution in [1.29, 1.82) is 0 Å². The number of sulfonamides is 2. The van der Waals surface area contributed by atoms with Crippen LogP contribution in [0.5, 0.6) is 0 Å². The summed E-state index contributed by atoms with van der Waals surface area (Å²) in [5.41, 5.74) is 2.75. The first-order valence-electron chi connectivity index (χ1n) is 10.2. The monoisotopic (exact) mass is 520 g/mol. The fourth-order valence-electron chi connectivity index (χ4n) is 3.59. The molecule has 2 aromatic heterocycles. The molecule has 4 heterocycles. The van der Waals surface area contributed by atoms with Crippen molar-refractivity contribution in [3.05, 3.63) is 24.5 Å². The standard InChI is InChI=1S/C18H24N4O8S3/c1-32(24,25)21-8-9-22(14(12-21)18(23)20-30-16-4-2-3-10-28-16)33(26,27)17-6-5-15(31-17)13-7-11-29-19-13/h5-7,11,14,16H,2-4,8-10,12H2,1H3,(H,20,23)/t14-,16?/m1/s1. The van der Waals surface area contributed by atoms with Crippen LogP contribution in [0.1, 0.15) is 19.3 Å². The number of ether oxygens (including phenoxy) is 1. The molecule has 1 N–H and O–H groups in total. The summed E-state index contributed by atoms with van der Waals surface area (Å²) in [6, 6.07) is 3.31. The SMILES string of the molecule is CS(=O)(=O)N1CCN(S(=O)(=O)c2ccc(-c3ccon3)s2)[C@@H](C(=O)NOC2CCCCO2)C1. The molecule has 0 bridgehead atoms. The van der Waals surface area contributed by atoms with Gasteiger partial charge in [-0.2, -0.15) is 8.61 Å². The van der Waals surface area contributed by atoms with E-state index >= 15 is 0 Å². The third-order valence-corrected chi connectivity index (χ3v) is 10.1. The summed E-state index contributed by atoms with van der Waals surface area (Å²) in [5.74, 6) is -0.769. The highest BCUT2D eigenvalue weighted by molar-refractivity contribution is 7.91. The van der Waals surface area contributed by atoms with Gasteiger partial charge in [0.05, 0.1) is 11.1 Å². The van der Waals surface area contributed by atoms with Crippen LogP contribution >= 0.6 is 11.3 Å². The molecule has 2 aliphatic rings. The number of hydrogen-bond acceptors (Lipinski definition) is 10. The largest absolute Gasteiger partial charge is 0.364 e. The molecule has 0 aliphatic carbocycles. The van der Waals surface area contributed by atoms with Gasteiger partial charge in [0.15, 0.2) is 6.29 Å². The lowest BCUT2D eigenvalue weighted by Crippen LogP contribution is -2.61. The zero-order chi connectivity index (χ0) is 23.6. The van der Waals surface area contributed by atoms with Crippen molar-refractivity contribution >= 4 is 37.3 Å². The van der Waals surface area contributed by atoms with E-state index in [9.17, 15) is 21.6 Å². The number of rotatable bonds is 7. The average molecular weight is 521 g/mol. The Morgan fingerprint density at radius 3 is 2.70 bits per heavy atom. The Hall–Kier alpha value is -1.88. The summed E-state index contributed by atoms with van der Waals surface area (Å²) >= 11 is 0.980. The highest BCUT2D eigenvalue weighted by Crippen LogP contribution is 2.33. The molecule has 2 saturated heterocycles. The lowest BCUT2D eigenvalue weighted by atomic mass is 10.2. The molecule has 12 nitrogen and oxygen atoms in total. The second-order valence-electron chi connectivity index (χ2n) is 7.64. The molecule has 0 spiro atoms. The second kappa shape index (κ2) is 9.77. The molecule has 0 saturated carbocycles. The van der Waals surface area contributed by atoms with Crippen LogP contribution in [0, 0.1) is 0 Å². The van der Waals surface area contributed by atoms with E-state index in [0.29, 0.717) is 23.6 Å². The number of thiophene rings is 1. The van der Waals surface area contributed by atoms with E-state index < -0.39 is 38.3 Å². The lowest BCUT2D eigenvalue weighted by molar-refractivity contribution is -0.202. The van der Waals surface area contributed by atoms with E-state index in [1.807, 2.05) is 0 Å². The molecule has 1 unspecified atom stereocenters. The van der Waals surface area contributed by atoms with Gasteiger partial charge in [0.2, 0.25) is 10.0 Å². The van der Waals surface area contributed by atoms with Crippen molar-refractivity contribution in [1.82, 2.24) is 19.2 Å². The average Bonchev–Trinajstić information content (AvgIpc) is 3.49. The predicted octanol–water partition coefficient (Wildman–Crippen LogP) is 0.612. The van der Waals surface area contributed by atoms with E-state index in [1.165, 1.54) is 12.3 Å². The third-order valence-electron chi connectivity index (χ3n) is 5.33. The fraction of sp³-hybridized carbons (Fsp3) is 0.556. The van der Waals surface area contributed by atoms with Crippen molar-refractivity contribution in [2.75, 3.05) is 32.5 Å². The summed E-state index contributed by atoms with van der Waals surface area (Å²) in [6.07, 6.45) is 4.11. The number of aromatic nitrogens is 1. The van der Waals surface area contributed by atoms with Crippen molar-refractivity contribution in [2.45, 2.75) is 35.8 Å². The molecule has 2 aliphatic heterocycles. The van der Waals surface area contributed by atoms with Crippen LogP contribution in [0.25, 0.3) is 10.6 Å². The minimum atomic E-state index is -4.11. The number of hydroxylamine groups is 1. The summed E-state index contributed by atoms with van der Waals surface area (Å²) < 4.78 is 63.3. The molecule has 2 aromatic rings. The molecule has 0 radical (unpaired) electrons. The molecule has 1 amide bonds. The summed E-state index contributed by atoms with van der Waals surface area (Å²) in [5, 5.41) is 3.80. The Morgan fingerprint density at radius 1 is 1.21 bits per heavy atom. The molecule has 2 atom stereocenters. The number of piperazine rings is 1. The van der Waals surface area contributed by atoms with Crippen molar-refractivity contribution < 1.29 is 35.7 Å². The lowest BCUT2D eigenvalue weighted by Gasteiger charge is -2.38. The van der Waals surface area contributed by atoms with Gasteiger partial charge in [-0.05, 0) is 25.0 Å². The maximum absolute atomic E-state index is 13.4. The van der Waals surface area contributed by atoms with Gasteiger partial charge < -0.3 is 9.26 Å². The minimum absolute atomic E-state index is 0.00244. The molecule has 2 fully saturated rings. The van der Waals surface area contributed by atoms with Crippen LogP contribution in [0.3, 0.4) is 0 Å². The second-order valence-corrected chi connectivity index (χ2v) is 12.8. The van der Waals surface area contributed by atoms with Crippen LogP contribution in [-0.4, -0.2) is 81.3 Å². The van der Waals surface area contributed by atoms with Gasteiger partial charge in [-0.3, -0.25) is 4.79 Å². The molecule has 4 rings (SSSR count). The number of nitrogens with one attached hydrogen (secondary N) is 1. The van der Waals surface area contributed by atoms with Gasteiger partial charge in [-0.25, -0.2) is 27.2 Å². The van der Waals surface area contributed by atoms with Gasteiger partial charge in [0, 0.05) is 38.7 Å². The van der Waals surface area contributed by atoms with Crippen LogP contribution in [0.4, 0.5) is 0 Å². The Balaban J connectivity index is 1.56. The van der Waals surface area contributed by atoms with Crippen molar-refractivity contribution in [3.8, 4) is 10.6 Å². The Morgan fingerprint density at radius 2 is 2.03 bits per heavy atom. The van der Waals surface area contributed by atoms with Gasteiger partial charge in [-0.1, -0.05) is 5.16 Å². The highest BCUT2D eigenvalue weighted by atomic mass is 32.2. The summed E-state index contributed by atoms with van der Waals surface area (Å²) in [6.45, 7) is -0.0978. The van der Waals surface area contributed by atoms with E-state index in [-0.39, 0.29) is 23.8 Å². The molecule has 15 heteroatoms. The molecule has 182 valence electrons.